The summed E-state index contributed by atoms with van der Waals surface area (Å²) in [6, 6.07) is 14.3. The Morgan fingerprint density at radius 3 is 2.52 bits per heavy atom. The molecular weight excluding hydrogens is 396 g/mol. The zero-order valence-electron chi connectivity index (χ0n) is 17.4. The van der Waals surface area contributed by atoms with Gasteiger partial charge >= 0.3 is 5.97 Å². The topological polar surface area (TPSA) is 84.0 Å². The molecular formula is C24H24N2O5. The third kappa shape index (κ3) is 4.08. The smallest absolute Gasteiger partial charge is 0.310 e. The van der Waals surface area contributed by atoms with E-state index in [-0.39, 0.29) is 41.7 Å². The highest BCUT2D eigenvalue weighted by molar-refractivity contribution is 6.22. The Hall–Kier alpha value is -3.48. The van der Waals surface area contributed by atoms with Gasteiger partial charge in [-0.05, 0) is 43.0 Å². The number of likely N-dealkylation sites (tertiary alicyclic amines) is 1. The molecule has 0 N–H and O–H groups in total. The van der Waals surface area contributed by atoms with Crippen LogP contribution in [-0.2, 0) is 16.0 Å². The average Bonchev–Trinajstić information content (AvgIpc) is 3.06. The molecule has 0 aromatic heterocycles. The quantitative estimate of drug-likeness (QED) is 0.548. The molecule has 0 radical (unpaired) electrons. The van der Waals surface area contributed by atoms with Gasteiger partial charge in [0.15, 0.2) is 0 Å². The lowest BCUT2D eigenvalue weighted by Gasteiger charge is -2.31. The zero-order valence-corrected chi connectivity index (χ0v) is 17.4. The molecule has 4 rings (SSSR count). The van der Waals surface area contributed by atoms with Crippen LogP contribution in [0.5, 0.6) is 0 Å². The van der Waals surface area contributed by atoms with Crippen molar-refractivity contribution in [3.63, 3.8) is 0 Å². The third-order valence-corrected chi connectivity index (χ3v) is 5.93. The Morgan fingerprint density at radius 1 is 1.03 bits per heavy atom. The second kappa shape index (κ2) is 8.71. The van der Waals surface area contributed by atoms with Crippen LogP contribution in [0.4, 0.5) is 0 Å². The van der Waals surface area contributed by atoms with Gasteiger partial charge in [0.05, 0.1) is 24.2 Å². The number of hydrogen-bond acceptors (Lipinski definition) is 5. The van der Waals surface area contributed by atoms with Crippen molar-refractivity contribution in [3.8, 4) is 0 Å². The summed E-state index contributed by atoms with van der Waals surface area (Å²) in [4.78, 5) is 53.3. The largest absolute Gasteiger partial charge is 0.469 e. The van der Waals surface area contributed by atoms with E-state index in [2.05, 4.69) is 0 Å². The van der Waals surface area contributed by atoms with Gasteiger partial charge < -0.3 is 9.64 Å². The van der Waals surface area contributed by atoms with Gasteiger partial charge in [-0.1, -0.05) is 30.3 Å². The molecule has 3 amide bonds. The Labute approximate surface area is 180 Å². The molecule has 2 aromatic carbocycles. The zero-order chi connectivity index (χ0) is 22.0. The number of piperidine rings is 1. The lowest BCUT2D eigenvalue weighted by molar-refractivity contribution is -0.146. The monoisotopic (exact) mass is 420 g/mol. The van der Waals surface area contributed by atoms with Crippen molar-refractivity contribution in [2.75, 3.05) is 26.7 Å². The molecule has 2 aliphatic rings. The minimum absolute atomic E-state index is 0.251. The van der Waals surface area contributed by atoms with Crippen molar-refractivity contribution < 1.29 is 23.9 Å². The number of benzene rings is 2. The maximum atomic E-state index is 13.0. The normalized spacial score (nSPS) is 18.2. The second-order valence-corrected chi connectivity index (χ2v) is 7.87. The first-order valence-corrected chi connectivity index (χ1v) is 10.4. The van der Waals surface area contributed by atoms with E-state index in [1.165, 1.54) is 18.1 Å². The Kier molecular flexibility index (Phi) is 5.84. The number of methoxy groups -OCH3 is 1. The summed E-state index contributed by atoms with van der Waals surface area (Å²) < 4.78 is 4.81. The van der Waals surface area contributed by atoms with Crippen LogP contribution in [0, 0.1) is 5.92 Å². The Morgan fingerprint density at radius 2 is 1.77 bits per heavy atom. The summed E-state index contributed by atoms with van der Waals surface area (Å²) in [6.07, 6.45) is 1.96. The van der Waals surface area contributed by atoms with Gasteiger partial charge in [-0.15, -0.1) is 0 Å². The number of rotatable bonds is 5. The van der Waals surface area contributed by atoms with Crippen LogP contribution in [0.1, 0.15) is 49.5 Å². The number of carbonyl (C=O) groups is 4. The van der Waals surface area contributed by atoms with Gasteiger partial charge in [0.1, 0.15) is 0 Å². The molecule has 2 aliphatic heterocycles. The lowest BCUT2D eigenvalue weighted by atomic mass is 9.97. The van der Waals surface area contributed by atoms with Gasteiger partial charge in [0, 0.05) is 25.2 Å². The van der Waals surface area contributed by atoms with Crippen LogP contribution >= 0.6 is 0 Å². The molecule has 7 heteroatoms. The van der Waals surface area contributed by atoms with Gasteiger partial charge in [-0.25, -0.2) is 0 Å². The molecule has 2 aromatic rings. The van der Waals surface area contributed by atoms with Crippen LogP contribution in [0.3, 0.4) is 0 Å². The van der Waals surface area contributed by atoms with E-state index in [0.717, 1.165) is 5.56 Å². The number of fused-ring (bicyclic) bond motifs is 1. The molecule has 0 saturated carbocycles. The molecule has 0 spiro atoms. The van der Waals surface area contributed by atoms with Crippen molar-refractivity contribution in [2.45, 2.75) is 19.3 Å². The molecule has 31 heavy (non-hydrogen) atoms. The number of amides is 3. The van der Waals surface area contributed by atoms with E-state index in [1.54, 1.807) is 17.0 Å². The van der Waals surface area contributed by atoms with Crippen LogP contribution in [0.25, 0.3) is 0 Å². The first-order chi connectivity index (χ1) is 15.0. The molecule has 160 valence electrons. The highest BCUT2D eigenvalue weighted by Crippen LogP contribution is 2.26. The minimum atomic E-state index is -0.378. The second-order valence-electron chi connectivity index (χ2n) is 7.87. The Bertz CT molecular complexity index is 1030. The highest BCUT2D eigenvalue weighted by Gasteiger charge is 2.36. The predicted molar refractivity (Wildman–Crippen MR) is 113 cm³/mol. The van der Waals surface area contributed by atoms with Crippen LogP contribution in [0.2, 0.25) is 0 Å². The number of carbonyl (C=O) groups excluding carboxylic acids is 4. The van der Waals surface area contributed by atoms with Crippen molar-refractivity contribution in [3.05, 3.63) is 70.8 Å². The van der Waals surface area contributed by atoms with E-state index < -0.39 is 0 Å². The fourth-order valence-corrected chi connectivity index (χ4v) is 4.22. The number of esters is 1. The van der Waals surface area contributed by atoms with E-state index in [1.807, 2.05) is 30.3 Å². The molecule has 7 nitrogen and oxygen atoms in total. The average molecular weight is 420 g/mol. The molecule has 1 atom stereocenters. The van der Waals surface area contributed by atoms with Crippen molar-refractivity contribution in [2.24, 2.45) is 5.92 Å². The van der Waals surface area contributed by atoms with Crippen LogP contribution in [0.15, 0.2) is 48.5 Å². The van der Waals surface area contributed by atoms with Crippen molar-refractivity contribution in [1.82, 2.24) is 9.80 Å². The van der Waals surface area contributed by atoms with E-state index in [0.29, 0.717) is 43.5 Å². The van der Waals surface area contributed by atoms with Crippen molar-refractivity contribution in [1.29, 1.82) is 0 Å². The summed E-state index contributed by atoms with van der Waals surface area (Å²) in [5, 5.41) is 0. The summed E-state index contributed by atoms with van der Waals surface area (Å²) >= 11 is 0. The van der Waals surface area contributed by atoms with Crippen LogP contribution in [-0.4, -0.2) is 60.2 Å². The third-order valence-electron chi connectivity index (χ3n) is 5.93. The summed E-state index contributed by atoms with van der Waals surface area (Å²) in [6.45, 7) is 1.12. The SMILES string of the molecule is COC(=O)C1CCCN(C(=O)c2ccc3c(c2)C(=O)N(CCc2ccccc2)C3=O)C1. The fourth-order valence-electron chi connectivity index (χ4n) is 4.22. The predicted octanol–water partition coefficient (Wildman–Crippen LogP) is 2.55. The van der Waals surface area contributed by atoms with Crippen LogP contribution < -0.4 is 0 Å². The standard InChI is InChI=1S/C24H24N2O5/c1-31-24(30)18-8-5-12-25(15-18)21(27)17-9-10-19-20(14-17)23(29)26(22(19)28)13-11-16-6-3-2-4-7-16/h2-4,6-7,9-10,14,18H,5,8,11-13,15H2,1H3. The fraction of sp³-hybridized carbons (Fsp3) is 0.333. The van der Waals surface area contributed by atoms with Crippen molar-refractivity contribution >= 4 is 23.7 Å². The number of nitrogens with zero attached hydrogens (tertiary/aromatic N) is 2. The molecule has 2 heterocycles. The maximum Gasteiger partial charge on any atom is 0.310 e. The molecule has 1 saturated heterocycles. The molecule has 1 unspecified atom stereocenters. The maximum absolute atomic E-state index is 13.0. The number of imide groups is 1. The van der Waals surface area contributed by atoms with E-state index in [4.69, 9.17) is 4.74 Å². The summed E-state index contributed by atoms with van der Waals surface area (Å²) in [7, 11) is 1.34. The number of ether oxygens (including phenoxy) is 1. The minimum Gasteiger partial charge on any atom is -0.469 e. The summed E-state index contributed by atoms with van der Waals surface area (Å²) in [5.74, 6) is -1.62. The van der Waals surface area contributed by atoms with Gasteiger partial charge in [-0.3, -0.25) is 24.1 Å². The summed E-state index contributed by atoms with van der Waals surface area (Å²) in [5.41, 5.74) is 1.96. The van der Waals surface area contributed by atoms with Gasteiger partial charge in [0.25, 0.3) is 17.7 Å². The molecule has 0 aliphatic carbocycles. The highest BCUT2D eigenvalue weighted by atomic mass is 16.5. The van der Waals surface area contributed by atoms with Gasteiger partial charge in [-0.2, -0.15) is 0 Å². The molecule has 1 fully saturated rings. The number of hydrogen-bond donors (Lipinski definition) is 0. The first kappa shape index (κ1) is 20.8. The molecule has 0 bridgehead atoms. The van der Waals surface area contributed by atoms with E-state index >= 15 is 0 Å². The van der Waals surface area contributed by atoms with E-state index in [9.17, 15) is 19.2 Å². The lowest BCUT2D eigenvalue weighted by Crippen LogP contribution is -2.42. The van der Waals surface area contributed by atoms with Gasteiger partial charge in [0.2, 0.25) is 0 Å². The first-order valence-electron chi connectivity index (χ1n) is 10.4. The Balaban J connectivity index is 1.49.